The van der Waals surface area contributed by atoms with E-state index in [1.165, 1.54) is 6.33 Å². The molecular weight excluding hydrogens is 470 g/mol. The standard InChI is InChI=1S/C13H18F3N7S.HI/c1-3-17-12(19-6-10-20-8-21-23(10)2)18-5-4-11-22-9(7-24-11)13(14,15)16;/h7-8H,3-6H2,1-2H3,(H2,17,18,19);1H. The zero-order valence-corrected chi connectivity index (χ0v) is 16.8. The zero-order valence-electron chi connectivity index (χ0n) is 13.7. The van der Waals surface area contributed by atoms with Crippen LogP contribution < -0.4 is 10.6 Å². The first kappa shape index (κ1) is 21.6. The van der Waals surface area contributed by atoms with Crippen LogP contribution in [0.3, 0.4) is 0 Å². The van der Waals surface area contributed by atoms with Crippen LogP contribution >= 0.6 is 35.3 Å². The highest BCUT2D eigenvalue weighted by Gasteiger charge is 2.33. The highest BCUT2D eigenvalue weighted by molar-refractivity contribution is 14.0. The van der Waals surface area contributed by atoms with E-state index in [0.29, 0.717) is 42.8 Å². The average molecular weight is 489 g/mol. The minimum Gasteiger partial charge on any atom is -0.357 e. The van der Waals surface area contributed by atoms with Crippen molar-refractivity contribution >= 4 is 41.3 Å². The molecule has 0 unspecified atom stereocenters. The van der Waals surface area contributed by atoms with Gasteiger partial charge >= 0.3 is 6.18 Å². The van der Waals surface area contributed by atoms with Crippen LogP contribution in [0.2, 0.25) is 0 Å². The third kappa shape index (κ3) is 6.76. The largest absolute Gasteiger partial charge is 0.434 e. The molecule has 0 amide bonds. The van der Waals surface area contributed by atoms with Gasteiger partial charge in [0, 0.05) is 31.9 Å². The minimum atomic E-state index is -4.39. The number of nitrogens with zero attached hydrogens (tertiary/aromatic N) is 5. The molecular formula is C13H19F3IN7S. The van der Waals surface area contributed by atoms with Crippen molar-refractivity contribution in [1.82, 2.24) is 30.4 Å². The summed E-state index contributed by atoms with van der Waals surface area (Å²) in [5.41, 5.74) is -0.842. The Balaban J connectivity index is 0.00000312. The number of nitrogens with one attached hydrogen (secondary N) is 2. The van der Waals surface area contributed by atoms with Crippen molar-refractivity contribution in [1.29, 1.82) is 0 Å². The SMILES string of the molecule is CCNC(=NCc1ncnn1C)NCCc1nc(C(F)(F)F)cs1.I. The maximum absolute atomic E-state index is 12.5. The Bertz CT molecular complexity index is 683. The lowest BCUT2D eigenvalue weighted by Gasteiger charge is -2.10. The number of hydrogen-bond donors (Lipinski definition) is 2. The molecule has 140 valence electrons. The summed E-state index contributed by atoms with van der Waals surface area (Å²) < 4.78 is 39.1. The summed E-state index contributed by atoms with van der Waals surface area (Å²) in [6.07, 6.45) is -2.56. The van der Waals surface area contributed by atoms with E-state index in [4.69, 9.17) is 0 Å². The van der Waals surface area contributed by atoms with Gasteiger partial charge in [0.05, 0.1) is 5.01 Å². The number of thiazole rings is 1. The second-order valence-corrected chi connectivity index (χ2v) is 5.74. The number of rotatable bonds is 6. The van der Waals surface area contributed by atoms with E-state index in [-0.39, 0.29) is 24.0 Å². The van der Waals surface area contributed by atoms with Crippen molar-refractivity contribution < 1.29 is 13.2 Å². The fourth-order valence-corrected chi connectivity index (χ4v) is 2.60. The van der Waals surface area contributed by atoms with Crippen LogP contribution in [0.1, 0.15) is 23.4 Å². The maximum atomic E-state index is 12.5. The van der Waals surface area contributed by atoms with Crippen LogP contribution in [-0.2, 0) is 26.2 Å². The summed E-state index contributed by atoms with van der Waals surface area (Å²) in [5.74, 6) is 1.27. The molecule has 0 aliphatic heterocycles. The van der Waals surface area contributed by atoms with Gasteiger partial charge in [-0.15, -0.1) is 35.3 Å². The molecule has 2 heterocycles. The van der Waals surface area contributed by atoms with Gasteiger partial charge < -0.3 is 10.6 Å². The second kappa shape index (κ2) is 9.89. The molecule has 7 nitrogen and oxygen atoms in total. The van der Waals surface area contributed by atoms with Crippen LogP contribution in [0.5, 0.6) is 0 Å². The molecule has 25 heavy (non-hydrogen) atoms. The molecule has 2 aromatic heterocycles. The molecule has 0 saturated carbocycles. The molecule has 0 atom stereocenters. The van der Waals surface area contributed by atoms with Crippen molar-refractivity contribution in [3.8, 4) is 0 Å². The number of hydrogen-bond acceptors (Lipinski definition) is 5. The Labute approximate surface area is 164 Å². The Kier molecular flexibility index (Phi) is 8.55. The Morgan fingerprint density at radius 1 is 1.36 bits per heavy atom. The molecule has 0 aliphatic carbocycles. The zero-order chi connectivity index (χ0) is 17.6. The van der Waals surface area contributed by atoms with E-state index < -0.39 is 11.9 Å². The second-order valence-electron chi connectivity index (χ2n) is 4.80. The first-order valence-corrected chi connectivity index (χ1v) is 8.14. The van der Waals surface area contributed by atoms with Crippen LogP contribution in [0, 0.1) is 0 Å². The average Bonchev–Trinajstić information content (AvgIpc) is 3.13. The highest BCUT2D eigenvalue weighted by Crippen LogP contribution is 2.29. The third-order valence-electron chi connectivity index (χ3n) is 3.00. The molecule has 0 aromatic carbocycles. The first-order valence-electron chi connectivity index (χ1n) is 7.26. The van der Waals surface area contributed by atoms with Gasteiger partial charge in [-0.1, -0.05) is 0 Å². The molecule has 0 aliphatic rings. The van der Waals surface area contributed by atoms with E-state index in [0.717, 1.165) is 16.7 Å². The third-order valence-corrected chi connectivity index (χ3v) is 3.91. The molecule has 12 heteroatoms. The van der Waals surface area contributed by atoms with Gasteiger partial charge in [-0.3, -0.25) is 4.68 Å². The molecule has 2 aromatic rings. The lowest BCUT2D eigenvalue weighted by molar-refractivity contribution is -0.140. The van der Waals surface area contributed by atoms with E-state index in [2.05, 4.69) is 30.7 Å². The highest BCUT2D eigenvalue weighted by atomic mass is 127. The van der Waals surface area contributed by atoms with Crippen molar-refractivity contribution in [2.24, 2.45) is 12.0 Å². The topological polar surface area (TPSA) is 80.0 Å². The summed E-state index contributed by atoms with van der Waals surface area (Å²) in [5, 5.41) is 11.6. The summed E-state index contributed by atoms with van der Waals surface area (Å²) in [4.78, 5) is 12.0. The van der Waals surface area contributed by atoms with Crippen LogP contribution in [0.25, 0.3) is 0 Å². The van der Waals surface area contributed by atoms with Crippen LogP contribution in [0.15, 0.2) is 16.7 Å². The van der Waals surface area contributed by atoms with Crippen molar-refractivity contribution in [2.75, 3.05) is 13.1 Å². The lowest BCUT2D eigenvalue weighted by atomic mass is 10.4. The summed E-state index contributed by atoms with van der Waals surface area (Å²) in [6.45, 7) is 3.37. The van der Waals surface area contributed by atoms with Gasteiger partial charge in [0.15, 0.2) is 11.7 Å². The minimum absolute atomic E-state index is 0. The molecule has 2 rings (SSSR count). The van der Waals surface area contributed by atoms with E-state index in [9.17, 15) is 13.2 Å². The first-order chi connectivity index (χ1) is 11.4. The number of aryl methyl sites for hydroxylation is 1. The predicted molar refractivity (Wildman–Crippen MR) is 100 cm³/mol. The number of alkyl halides is 3. The van der Waals surface area contributed by atoms with Crippen molar-refractivity contribution in [3.63, 3.8) is 0 Å². The van der Waals surface area contributed by atoms with Crippen molar-refractivity contribution in [3.05, 3.63) is 28.2 Å². The number of halogens is 4. The van der Waals surface area contributed by atoms with E-state index >= 15 is 0 Å². The summed E-state index contributed by atoms with van der Waals surface area (Å²) in [6, 6.07) is 0. The normalized spacial score (nSPS) is 12.0. The quantitative estimate of drug-likeness (QED) is 0.370. The van der Waals surface area contributed by atoms with E-state index in [1.807, 2.05) is 6.92 Å². The van der Waals surface area contributed by atoms with Crippen LogP contribution in [0.4, 0.5) is 13.2 Å². The fourth-order valence-electron chi connectivity index (χ4n) is 1.80. The van der Waals surface area contributed by atoms with Crippen molar-refractivity contribution in [2.45, 2.75) is 26.1 Å². The monoisotopic (exact) mass is 489 g/mol. The fraction of sp³-hybridized carbons (Fsp3) is 0.538. The summed E-state index contributed by atoms with van der Waals surface area (Å²) in [7, 11) is 1.78. The number of aromatic nitrogens is 4. The van der Waals surface area contributed by atoms with Gasteiger partial charge in [0.1, 0.15) is 18.7 Å². The van der Waals surface area contributed by atoms with Gasteiger partial charge in [0.2, 0.25) is 0 Å². The molecule has 0 bridgehead atoms. The predicted octanol–water partition coefficient (Wildman–Crippen LogP) is 2.21. The number of aliphatic imine (C=N–C) groups is 1. The lowest BCUT2D eigenvalue weighted by Crippen LogP contribution is -2.38. The van der Waals surface area contributed by atoms with E-state index in [1.54, 1.807) is 11.7 Å². The Morgan fingerprint density at radius 2 is 2.12 bits per heavy atom. The van der Waals surface area contributed by atoms with Gasteiger partial charge in [-0.25, -0.2) is 15.0 Å². The molecule has 0 spiro atoms. The smallest absolute Gasteiger partial charge is 0.357 e. The van der Waals surface area contributed by atoms with Gasteiger partial charge in [0.25, 0.3) is 0 Å². The van der Waals surface area contributed by atoms with Crippen LogP contribution in [-0.4, -0.2) is 38.8 Å². The number of guanidine groups is 1. The molecule has 0 fully saturated rings. The summed E-state index contributed by atoms with van der Waals surface area (Å²) >= 11 is 1.00. The Hall–Kier alpha value is -1.44. The van der Waals surface area contributed by atoms with Gasteiger partial charge in [-0.2, -0.15) is 18.3 Å². The van der Waals surface area contributed by atoms with Gasteiger partial charge in [-0.05, 0) is 6.92 Å². The molecule has 0 radical (unpaired) electrons. The Morgan fingerprint density at radius 3 is 2.68 bits per heavy atom. The molecule has 0 saturated heterocycles. The maximum Gasteiger partial charge on any atom is 0.434 e. The molecule has 2 N–H and O–H groups in total.